The van der Waals surface area contributed by atoms with Crippen molar-refractivity contribution in [3.8, 4) is 18.4 Å². The van der Waals surface area contributed by atoms with Crippen molar-refractivity contribution < 1.29 is 8.42 Å². The molecule has 1 heterocycles. The van der Waals surface area contributed by atoms with Crippen LogP contribution in [0.4, 0.5) is 0 Å². The van der Waals surface area contributed by atoms with Crippen molar-refractivity contribution in [1.82, 2.24) is 9.71 Å². The van der Waals surface area contributed by atoms with Crippen molar-refractivity contribution in [2.24, 2.45) is 0 Å². The lowest BCUT2D eigenvalue weighted by atomic mass is 10.3. The van der Waals surface area contributed by atoms with Gasteiger partial charge in [0.25, 0.3) is 0 Å². The van der Waals surface area contributed by atoms with Gasteiger partial charge in [0, 0.05) is 6.20 Å². The summed E-state index contributed by atoms with van der Waals surface area (Å²) in [5.74, 6) is 2.32. The van der Waals surface area contributed by atoms with Gasteiger partial charge < -0.3 is 0 Å². The first kappa shape index (κ1) is 13.2. The van der Waals surface area contributed by atoms with Crippen LogP contribution >= 0.6 is 0 Å². The molecule has 17 heavy (non-hydrogen) atoms. The highest BCUT2D eigenvalue weighted by molar-refractivity contribution is 7.89. The van der Waals surface area contributed by atoms with Gasteiger partial charge in [-0.3, -0.25) is 0 Å². The number of nitriles is 1. The predicted molar refractivity (Wildman–Crippen MR) is 62.2 cm³/mol. The number of hydrogen-bond acceptors (Lipinski definition) is 4. The van der Waals surface area contributed by atoms with E-state index in [1.54, 1.807) is 13.0 Å². The zero-order valence-corrected chi connectivity index (χ0v) is 10.0. The molecule has 1 aromatic rings. The molecule has 1 aromatic heterocycles. The van der Waals surface area contributed by atoms with E-state index < -0.39 is 16.1 Å². The SMILES string of the molecule is C#CC(CC)NS(=O)(=O)c1cccnc1C#N. The maximum Gasteiger partial charge on any atom is 0.244 e. The Kier molecular flexibility index (Phi) is 4.22. The largest absolute Gasteiger partial charge is 0.244 e. The second-order valence-corrected chi connectivity index (χ2v) is 4.89. The molecule has 1 unspecified atom stereocenters. The zero-order chi connectivity index (χ0) is 12.9. The molecule has 0 saturated carbocycles. The Balaban J connectivity index is 3.16. The number of hydrogen-bond donors (Lipinski definition) is 1. The van der Waals surface area contributed by atoms with E-state index in [-0.39, 0.29) is 10.6 Å². The highest BCUT2D eigenvalue weighted by Gasteiger charge is 2.21. The molecule has 0 fully saturated rings. The Bertz CT molecular complexity index is 581. The van der Waals surface area contributed by atoms with Crippen molar-refractivity contribution in [3.63, 3.8) is 0 Å². The maximum absolute atomic E-state index is 11.9. The first-order valence-electron chi connectivity index (χ1n) is 4.88. The Morgan fingerprint density at radius 1 is 1.65 bits per heavy atom. The molecule has 1 rings (SSSR count). The molecular weight excluding hydrogens is 238 g/mol. The first-order chi connectivity index (χ1) is 8.05. The summed E-state index contributed by atoms with van der Waals surface area (Å²) >= 11 is 0. The minimum absolute atomic E-state index is 0.146. The molecular formula is C11H11N3O2S. The lowest BCUT2D eigenvalue weighted by molar-refractivity contribution is 0.570. The number of terminal acetylenes is 1. The van der Waals surface area contributed by atoms with Gasteiger partial charge in [-0.25, -0.2) is 13.4 Å². The molecule has 0 amide bonds. The Labute approximate surface area is 101 Å². The third-order valence-corrected chi connectivity index (χ3v) is 3.58. The summed E-state index contributed by atoms with van der Waals surface area (Å²) in [6.07, 6.45) is 7.01. The summed E-state index contributed by atoms with van der Waals surface area (Å²) in [6, 6.07) is 3.91. The minimum atomic E-state index is -3.80. The monoisotopic (exact) mass is 249 g/mol. The van der Waals surface area contributed by atoms with Gasteiger partial charge in [-0.05, 0) is 18.6 Å². The average Bonchev–Trinajstić information content (AvgIpc) is 2.35. The number of nitrogens with one attached hydrogen (secondary N) is 1. The van der Waals surface area contributed by atoms with E-state index in [1.807, 2.05) is 0 Å². The second-order valence-electron chi connectivity index (χ2n) is 3.21. The van der Waals surface area contributed by atoms with Crippen molar-refractivity contribution >= 4 is 10.0 Å². The van der Waals surface area contributed by atoms with Gasteiger partial charge in [0.15, 0.2) is 5.69 Å². The highest BCUT2D eigenvalue weighted by Crippen LogP contribution is 2.12. The van der Waals surface area contributed by atoms with E-state index in [0.29, 0.717) is 6.42 Å². The van der Waals surface area contributed by atoms with Gasteiger partial charge in [0.1, 0.15) is 11.0 Å². The minimum Gasteiger partial charge on any atom is -0.244 e. The quantitative estimate of drug-likeness (QED) is 0.794. The molecule has 6 heteroatoms. The lowest BCUT2D eigenvalue weighted by Gasteiger charge is -2.11. The molecule has 0 radical (unpaired) electrons. The van der Waals surface area contributed by atoms with Gasteiger partial charge >= 0.3 is 0 Å². The molecule has 0 aliphatic carbocycles. The van der Waals surface area contributed by atoms with Crippen molar-refractivity contribution in [3.05, 3.63) is 24.0 Å². The molecule has 0 aromatic carbocycles. The Morgan fingerprint density at radius 2 is 2.35 bits per heavy atom. The number of aromatic nitrogens is 1. The Morgan fingerprint density at radius 3 is 2.88 bits per heavy atom. The summed E-state index contributed by atoms with van der Waals surface area (Å²) in [5.41, 5.74) is -0.146. The van der Waals surface area contributed by atoms with Crippen LogP contribution in [0.1, 0.15) is 19.0 Å². The molecule has 0 spiro atoms. The third kappa shape index (κ3) is 3.04. The summed E-state index contributed by atoms with van der Waals surface area (Å²) < 4.78 is 26.2. The molecule has 5 nitrogen and oxygen atoms in total. The number of pyridine rings is 1. The van der Waals surface area contributed by atoms with Crippen LogP contribution in [0.25, 0.3) is 0 Å². The normalized spacial score (nSPS) is 12.4. The van der Waals surface area contributed by atoms with Gasteiger partial charge in [-0.2, -0.15) is 9.98 Å². The van der Waals surface area contributed by atoms with Crippen LogP contribution in [-0.2, 0) is 10.0 Å². The van der Waals surface area contributed by atoms with Crippen molar-refractivity contribution in [2.45, 2.75) is 24.3 Å². The zero-order valence-electron chi connectivity index (χ0n) is 9.21. The van der Waals surface area contributed by atoms with Crippen LogP contribution in [0, 0.1) is 23.7 Å². The smallest absolute Gasteiger partial charge is 0.244 e. The van der Waals surface area contributed by atoms with Crippen LogP contribution in [-0.4, -0.2) is 19.4 Å². The number of rotatable bonds is 4. The van der Waals surface area contributed by atoms with Crippen molar-refractivity contribution in [1.29, 1.82) is 5.26 Å². The summed E-state index contributed by atoms with van der Waals surface area (Å²) in [6.45, 7) is 1.77. The molecule has 1 atom stereocenters. The van der Waals surface area contributed by atoms with Crippen LogP contribution in [0.15, 0.2) is 23.2 Å². The fourth-order valence-electron chi connectivity index (χ4n) is 1.18. The fourth-order valence-corrected chi connectivity index (χ4v) is 2.52. The third-order valence-electron chi connectivity index (χ3n) is 2.07. The first-order valence-corrected chi connectivity index (χ1v) is 6.37. The van der Waals surface area contributed by atoms with Gasteiger partial charge in [0.2, 0.25) is 10.0 Å². The van der Waals surface area contributed by atoms with E-state index in [1.165, 1.54) is 18.3 Å². The molecule has 0 bridgehead atoms. The lowest BCUT2D eigenvalue weighted by Crippen LogP contribution is -2.33. The van der Waals surface area contributed by atoms with Gasteiger partial charge in [0.05, 0.1) is 6.04 Å². The average molecular weight is 249 g/mol. The van der Waals surface area contributed by atoms with Gasteiger partial charge in [-0.15, -0.1) is 6.42 Å². The molecule has 0 saturated heterocycles. The molecule has 0 aliphatic heterocycles. The number of nitrogens with zero attached hydrogens (tertiary/aromatic N) is 2. The van der Waals surface area contributed by atoms with E-state index >= 15 is 0 Å². The summed E-state index contributed by atoms with van der Waals surface area (Å²) in [4.78, 5) is 3.53. The topological polar surface area (TPSA) is 82.8 Å². The van der Waals surface area contributed by atoms with Crippen molar-refractivity contribution in [2.75, 3.05) is 0 Å². The van der Waals surface area contributed by atoms with Crippen LogP contribution in [0.5, 0.6) is 0 Å². The Hall–Kier alpha value is -1.89. The van der Waals surface area contributed by atoms with Crippen LogP contribution in [0.2, 0.25) is 0 Å². The molecule has 88 valence electrons. The van der Waals surface area contributed by atoms with E-state index in [2.05, 4.69) is 15.6 Å². The molecule has 0 aliphatic rings. The van der Waals surface area contributed by atoms with E-state index in [4.69, 9.17) is 11.7 Å². The van der Waals surface area contributed by atoms with Gasteiger partial charge in [-0.1, -0.05) is 12.8 Å². The second kappa shape index (κ2) is 5.44. The van der Waals surface area contributed by atoms with Crippen LogP contribution < -0.4 is 4.72 Å². The summed E-state index contributed by atoms with van der Waals surface area (Å²) in [7, 11) is -3.80. The predicted octanol–water partition coefficient (Wildman–Crippen LogP) is 0.643. The van der Waals surface area contributed by atoms with E-state index in [9.17, 15) is 8.42 Å². The fraction of sp³-hybridized carbons (Fsp3) is 0.273. The number of sulfonamides is 1. The summed E-state index contributed by atoms with van der Waals surface area (Å²) in [5, 5.41) is 8.79. The standard InChI is InChI=1S/C11H11N3O2S/c1-3-9(4-2)14-17(15,16)11-6-5-7-13-10(11)8-12/h1,5-7,9,14H,4H2,2H3. The molecule has 1 N–H and O–H groups in total. The van der Waals surface area contributed by atoms with Crippen LogP contribution in [0.3, 0.4) is 0 Å². The van der Waals surface area contributed by atoms with E-state index in [0.717, 1.165) is 0 Å². The highest BCUT2D eigenvalue weighted by atomic mass is 32.2. The maximum atomic E-state index is 11.9.